The Bertz CT molecular complexity index is 371. The Morgan fingerprint density at radius 2 is 1.77 bits per heavy atom. The normalized spacial score (nSPS) is 28.8. The summed E-state index contributed by atoms with van der Waals surface area (Å²) in [4.78, 5) is 17.4. The molecule has 5 nitrogen and oxygen atoms in total. The van der Waals surface area contributed by atoms with Crippen molar-refractivity contribution in [2.45, 2.75) is 58.7 Å². The van der Waals surface area contributed by atoms with Crippen molar-refractivity contribution in [3.63, 3.8) is 0 Å². The molecule has 2 aliphatic heterocycles. The van der Waals surface area contributed by atoms with Crippen LogP contribution in [-0.2, 0) is 9.53 Å². The van der Waals surface area contributed by atoms with E-state index in [9.17, 15) is 4.79 Å². The number of nitrogens with zero attached hydrogens (tertiary/aromatic N) is 2. The highest BCUT2D eigenvalue weighted by atomic mass is 16.6. The van der Waals surface area contributed by atoms with Crippen LogP contribution in [0.5, 0.6) is 0 Å². The molecular formula is C17H33N3O2. The van der Waals surface area contributed by atoms with Crippen LogP contribution in [0.25, 0.3) is 0 Å². The zero-order chi connectivity index (χ0) is 16.3. The molecule has 2 atom stereocenters. The molecule has 0 radical (unpaired) electrons. The lowest BCUT2D eigenvalue weighted by molar-refractivity contribution is -0.161. The lowest BCUT2D eigenvalue weighted by Crippen LogP contribution is -2.57. The smallest absolute Gasteiger partial charge is 0.310 e. The van der Waals surface area contributed by atoms with Crippen LogP contribution in [0.1, 0.15) is 41.0 Å². The number of piperazine rings is 1. The molecule has 0 aliphatic carbocycles. The number of hydrogen-bond donors (Lipinski definition) is 1. The van der Waals surface area contributed by atoms with Gasteiger partial charge < -0.3 is 10.1 Å². The quantitative estimate of drug-likeness (QED) is 0.797. The summed E-state index contributed by atoms with van der Waals surface area (Å²) in [5, 5.41) is 3.43. The topological polar surface area (TPSA) is 44.8 Å². The number of nitrogens with one attached hydrogen (secondary N) is 1. The van der Waals surface area contributed by atoms with E-state index in [2.05, 4.69) is 29.0 Å². The van der Waals surface area contributed by atoms with E-state index in [-0.39, 0.29) is 11.9 Å². The highest BCUT2D eigenvalue weighted by molar-refractivity contribution is 5.73. The zero-order valence-electron chi connectivity index (χ0n) is 14.9. The predicted octanol–water partition coefficient (Wildman–Crippen LogP) is 1.33. The van der Waals surface area contributed by atoms with Crippen LogP contribution >= 0.6 is 0 Å². The number of hydrogen-bond acceptors (Lipinski definition) is 5. The third-order valence-electron chi connectivity index (χ3n) is 4.66. The molecule has 0 unspecified atom stereocenters. The first-order valence-corrected chi connectivity index (χ1v) is 8.68. The van der Waals surface area contributed by atoms with Crippen LogP contribution in [0.15, 0.2) is 0 Å². The minimum Gasteiger partial charge on any atom is -0.460 e. The van der Waals surface area contributed by atoms with E-state index in [4.69, 9.17) is 4.74 Å². The van der Waals surface area contributed by atoms with Gasteiger partial charge >= 0.3 is 5.97 Å². The average molecular weight is 311 g/mol. The van der Waals surface area contributed by atoms with Crippen molar-refractivity contribution in [2.75, 3.05) is 39.3 Å². The molecule has 22 heavy (non-hydrogen) atoms. The van der Waals surface area contributed by atoms with Crippen LogP contribution in [0.4, 0.5) is 0 Å². The van der Waals surface area contributed by atoms with Crippen molar-refractivity contribution in [3.8, 4) is 0 Å². The molecule has 0 bridgehead atoms. The number of rotatable bonds is 3. The zero-order valence-corrected chi connectivity index (χ0v) is 14.9. The Labute approximate surface area is 135 Å². The van der Waals surface area contributed by atoms with Crippen molar-refractivity contribution in [1.29, 1.82) is 0 Å². The van der Waals surface area contributed by atoms with Gasteiger partial charge in [-0.1, -0.05) is 0 Å². The fourth-order valence-electron chi connectivity index (χ4n) is 3.38. The van der Waals surface area contributed by atoms with Crippen molar-refractivity contribution in [1.82, 2.24) is 15.1 Å². The van der Waals surface area contributed by atoms with Gasteiger partial charge in [-0.05, 0) is 41.0 Å². The molecule has 2 rings (SSSR count). The van der Waals surface area contributed by atoms with Gasteiger partial charge in [-0.2, -0.15) is 0 Å². The highest BCUT2D eigenvalue weighted by Gasteiger charge is 2.34. The highest BCUT2D eigenvalue weighted by Crippen LogP contribution is 2.21. The predicted molar refractivity (Wildman–Crippen MR) is 88.9 cm³/mol. The Balaban J connectivity index is 1.85. The van der Waals surface area contributed by atoms with E-state index >= 15 is 0 Å². The monoisotopic (exact) mass is 311 g/mol. The number of carbonyl (C=O) groups is 1. The van der Waals surface area contributed by atoms with Crippen molar-refractivity contribution < 1.29 is 9.53 Å². The summed E-state index contributed by atoms with van der Waals surface area (Å²) in [6, 6.07) is 1.08. The fraction of sp³-hybridized carbons (Fsp3) is 0.941. The Morgan fingerprint density at radius 1 is 1.14 bits per heavy atom. The number of esters is 1. The van der Waals surface area contributed by atoms with Gasteiger partial charge in [0.2, 0.25) is 0 Å². The van der Waals surface area contributed by atoms with Crippen LogP contribution in [0.2, 0.25) is 0 Å². The van der Waals surface area contributed by atoms with E-state index in [1.54, 1.807) is 0 Å². The van der Waals surface area contributed by atoms with E-state index in [0.29, 0.717) is 12.1 Å². The molecular weight excluding hydrogens is 278 g/mol. The third kappa shape index (κ3) is 4.93. The maximum Gasteiger partial charge on any atom is 0.310 e. The second-order valence-electron chi connectivity index (χ2n) is 7.94. The molecule has 0 amide bonds. The van der Waals surface area contributed by atoms with Crippen molar-refractivity contribution >= 4 is 5.97 Å². The van der Waals surface area contributed by atoms with Gasteiger partial charge in [0, 0.05) is 51.4 Å². The van der Waals surface area contributed by atoms with Gasteiger partial charge in [-0.3, -0.25) is 14.6 Å². The van der Waals surface area contributed by atoms with Gasteiger partial charge in [0.15, 0.2) is 0 Å². The van der Waals surface area contributed by atoms with Crippen molar-refractivity contribution in [3.05, 3.63) is 0 Å². The Kier molecular flexibility index (Phi) is 5.86. The van der Waals surface area contributed by atoms with Crippen LogP contribution in [0, 0.1) is 5.92 Å². The molecule has 5 heteroatoms. The molecule has 2 saturated heterocycles. The molecule has 1 N–H and O–H groups in total. The summed E-state index contributed by atoms with van der Waals surface area (Å²) in [5.74, 6) is -0.0633. The van der Waals surface area contributed by atoms with Gasteiger partial charge in [0.1, 0.15) is 5.60 Å². The first kappa shape index (κ1) is 17.7. The van der Waals surface area contributed by atoms with Crippen molar-refractivity contribution in [2.24, 2.45) is 5.92 Å². The molecule has 2 aliphatic rings. The molecule has 128 valence electrons. The SMILES string of the molecule is CC(C)N1CCN([C@@H]2CNC[C@H](C(=O)OC(C)(C)C)C2)CC1. The summed E-state index contributed by atoms with van der Waals surface area (Å²) in [5.41, 5.74) is -0.396. The third-order valence-corrected chi connectivity index (χ3v) is 4.66. The molecule has 0 aromatic carbocycles. The molecule has 0 saturated carbocycles. The fourth-order valence-corrected chi connectivity index (χ4v) is 3.38. The second kappa shape index (κ2) is 7.28. The Morgan fingerprint density at radius 3 is 2.32 bits per heavy atom. The second-order valence-corrected chi connectivity index (χ2v) is 7.94. The number of carbonyl (C=O) groups excluding carboxylic acids is 1. The number of piperidine rings is 1. The van der Waals surface area contributed by atoms with E-state index in [0.717, 1.165) is 45.7 Å². The minimum atomic E-state index is -0.396. The van der Waals surface area contributed by atoms with E-state index in [1.165, 1.54) is 0 Å². The number of ether oxygens (including phenoxy) is 1. The maximum absolute atomic E-state index is 12.3. The molecule has 0 aromatic heterocycles. The standard InChI is InChI=1S/C17H33N3O2/c1-13(2)19-6-8-20(9-7-19)15-10-14(11-18-12-15)16(21)22-17(3,4)5/h13-15,18H,6-12H2,1-5H3/t14-,15+/m1/s1. The van der Waals surface area contributed by atoms with Crippen LogP contribution in [0.3, 0.4) is 0 Å². The molecule has 0 aromatic rings. The molecule has 2 fully saturated rings. The lowest BCUT2D eigenvalue weighted by Gasteiger charge is -2.43. The van der Waals surface area contributed by atoms with Gasteiger partial charge in [-0.25, -0.2) is 0 Å². The minimum absolute atomic E-state index is 0.0129. The van der Waals surface area contributed by atoms with Crippen LogP contribution < -0.4 is 5.32 Å². The Hall–Kier alpha value is -0.650. The van der Waals surface area contributed by atoms with E-state index < -0.39 is 5.60 Å². The first-order valence-electron chi connectivity index (χ1n) is 8.68. The summed E-state index contributed by atoms with van der Waals surface area (Å²) in [7, 11) is 0. The van der Waals surface area contributed by atoms with Gasteiger partial charge in [0.05, 0.1) is 5.92 Å². The molecule has 2 heterocycles. The average Bonchev–Trinajstić information content (AvgIpc) is 2.46. The summed E-state index contributed by atoms with van der Waals surface area (Å²) in [6.45, 7) is 16.5. The maximum atomic E-state index is 12.3. The van der Waals surface area contributed by atoms with E-state index in [1.807, 2.05) is 20.8 Å². The largest absolute Gasteiger partial charge is 0.460 e. The molecule has 0 spiro atoms. The van der Waals surface area contributed by atoms with Crippen LogP contribution in [-0.4, -0.2) is 72.7 Å². The first-order chi connectivity index (χ1) is 10.3. The van der Waals surface area contributed by atoms with Gasteiger partial charge in [-0.15, -0.1) is 0 Å². The summed E-state index contributed by atoms with van der Waals surface area (Å²) < 4.78 is 5.56. The lowest BCUT2D eigenvalue weighted by atomic mass is 9.94. The van der Waals surface area contributed by atoms with Gasteiger partial charge in [0.25, 0.3) is 0 Å². The summed E-state index contributed by atoms with van der Waals surface area (Å²) in [6.07, 6.45) is 0.920. The summed E-state index contributed by atoms with van der Waals surface area (Å²) >= 11 is 0.